The number of carbonyl (C=O) groups is 1. The number of anilines is 2. The molecule has 1 fully saturated rings. The van der Waals surface area contributed by atoms with Crippen molar-refractivity contribution in [1.82, 2.24) is 0 Å². The molecule has 0 atom stereocenters. The van der Waals surface area contributed by atoms with Gasteiger partial charge in [0.1, 0.15) is 0 Å². The van der Waals surface area contributed by atoms with E-state index in [0.29, 0.717) is 0 Å². The molecule has 12 heteroatoms. The van der Waals surface area contributed by atoms with Gasteiger partial charge in [-0.15, -0.1) is 0 Å². The molecule has 1 amide bonds. The fraction of sp³-hybridized carbons (Fsp3) is 0.278. The van der Waals surface area contributed by atoms with E-state index in [2.05, 4.69) is 5.32 Å². The number of benzene rings is 2. The standard InChI is InChI=1S/C18H14F6N2O3S/c19-17(20,21)11-6-12(18(22,23)24)8-15(7-11)30(28,29)26-14-3-1-2-13(9-14)25-16(27)10-4-5-10/h1-3,6-10,26H,4-5H2,(H,25,27). The first-order chi connectivity index (χ1) is 13.8. The zero-order valence-electron chi connectivity index (χ0n) is 14.9. The number of amides is 1. The number of hydrogen-bond acceptors (Lipinski definition) is 3. The van der Waals surface area contributed by atoms with E-state index < -0.39 is 38.4 Å². The molecule has 2 aromatic carbocycles. The van der Waals surface area contributed by atoms with Crippen molar-refractivity contribution in [2.45, 2.75) is 30.1 Å². The number of halogens is 6. The number of sulfonamides is 1. The minimum atomic E-state index is -5.18. The summed E-state index contributed by atoms with van der Waals surface area (Å²) in [4.78, 5) is 10.6. The van der Waals surface area contributed by atoms with Crippen LogP contribution in [-0.2, 0) is 27.2 Å². The molecular formula is C18H14F6N2O3S. The molecule has 2 N–H and O–H groups in total. The smallest absolute Gasteiger partial charge is 0.326 e. The normalized spacial score (nSPS) is 15.0. The van der Waals surface area contributed by atoms with Crippen LogP contribution in [0.3, 0.4) is 0 Å². The second-order valence-corrected chi connectivity index (χ2v) is 8.37. The summed E-state index contributed by atoms with van der Waals surface area (Å²) in [5.41, 5.74) is -3.41. The lowest BCUT2D eigenvalue weighted by Crippen LogP contribution is -2.18. The monoisotopic (exact) mass is 452 g/mol. The third kappa shape index (κ3) is 5.23. The molecule has 0 unspecified atom stereocenters. The zero-order chi connectivity index (χ0) is 22.3. The first-order valence-corrected chi connectivity index (χ1v) is 9.97. The fourth-order valence-corrected chi connectivity index (χ4v) is 3.67. The summed E-state index contributed by atoms with van der Waals surface area (Å²) < 4.78 is 105. The highest BCUT2D eigenvalue weighted by Crippen LogP contribution is 2.37. The molecule has 0 radical (unpaired) electrons. The van der Waals surface area contributed by atoms with Gasteiger partial charge >= 0.3 is 12.4 Å². The Morgan fingerprint density at radius 1 is 0.867 bits per heavy atom. The predicted molar refractivity (Wildman–Crippen MR) is 95.1 cm³/mol. The van der Waals surface area contributed by atoms with Gasteiger partial charge in [0.2, 0.25) is 5.91 Å². The molecule has 1 aliphatic rings. The average Bonchev–Trinajstić information content (AvgIpc) is 3.45. The van der Waals surface area contributed by atoms with E-state index in [4.69, 9.17) is 0 Å². The predicted octanol–water partition coefficient (Wildman–Crippen LogP) is 4.87. The maximum atomic E-state index is 13.0. The van der Waals surface area contributed by atoms with Gasteiger partial charge in [-0.3, -0.25) is 9.52 Å². The zero-order valence-corrected chi connectivity index (χ0v) is 15.8. The van der Waals surface area contributed by atoms with E-state index in [1.807, 2.05) is 4.72 Å². The molecule has 0 saturated heterocycles. The van der Waals surface area contributed by atoms with Gasteiger partial charge in [0.15, 0.2) is 0 Å². The Labute approximate surface area is 167 Å². The lowest BCUT2D eigenvalue weighted by Gasteiger charge is -2.15. The van der Waals surface area contributed by atoms with Gasteiger partial charge < -0.3 is 5.32 Å². The summed E-state index contributed by atoms with van der Waals surface area (Å²) in [5.74, 6) is -0.390. The number of nitrogens with one attached hydrogen (secondary N) is 2. The fourth-order valence-electron chi connectivity index (χ4n) is 2.55. The van der Waals surface area contributed by atoms with Crippen molar-refractivity contribution >= 4 is 27.3 Å². The van der Waals surface area contributed by atoms with Crippen LogP contribution in [0.1, 0.15) is 24.0 Å². The second kappa shape index (κ2) is 7.49. The molecule has 0 aliphatic heterocycles. The molecule has 30 heavy (non-hydrogen) atoms. The molecule has 0 spiro atoms. The third-order valence-electron chi connectivity index (χ3n) is 4.20. The topological polar surface area (TPSA) is 75.3 Å². The van der Waals surface area contributed by atoms with Crippen LogP contribution in [0.5, 0.6) is 0 Å². The first-order valence-electron chi connectivity index (χ1n) is 8.49. The lowest BCUT2D eigenvalue weighted by molar-refractivity contribution is -0.143. The van der Waals surface area contributed by atoms with Crippen LogP contribution < -0.4 is 10.0 Å². The van der Waals surface area contributed by atoms with Crippen molar-refractivity contribution in [3.63, 3.8) is 0 Å². The van der Waals surface area contributed by atoms with Crippen LogP contribution >= 0.6 is 0 Å². The number of carbonyl (C=O) groups excluding carboxylic acids is 1. The molecule has 1 saturated carbocycles. The summed E-state index contributed by atoms with van der Waals surface area (Å²) in [5, 5.41) is 2.56. The van der Waals surface area contributed by atoms with E-state index >= 15 is 0 Å². The molecule has 5 nitrogen and oxygen atoms in total. The summed E-state index contributed by atoms with van der Waals surface area (Å²) in [6, 6.07) is 5.36. The highest BCUT2D eigenvalue weighted by molar-refractivity contribution is 7.92. The summed E-state index contributed by atoms with van der Waals surface area (Å²) >= 11 is 0. The largest absolute Gasteiger partial charge is 0.416 e. The van der Waals surface area contributed by atoms with E-state index in [1.165, 1.54) is 24.3 Å². The highest BCUT2D eigenvalue weighted by Gasteiger charge is 2.38. The Morgan fingerprint density at radius 3 is 1.90 bits per heavy atom. The van der Waals surface area contributed by atoms with Crippen molar-refractivity contribution in [2.75, 3.05) is 10.0 Å². The van der Waals surface area contributed by atoms with Crippen LogP contribution in [0.2, 0.25) is 0 Å². The molecule has 0 aromatic heterocycles. The Balaban J connectivity index is 1.92. The van der Waals surface area contributed by atoms with Crippen molar-refractivity contribution < 1.29 is 39.6 Å². The molecule has 0 bridgehead atoms. The minimum Gasteiger partial charge on any atom is -0.326 e. The Kier molecular flexibility index (Phi) is 5.48. The third-order valence-corrected chi connectivity index (χ3v) is 5.56. The molecular weight excluding hydrogens is 438 g/mol. The number of rotatable bonds is 5. The van der Waals surface area contributed by atoms with Gasteiger partial charge in [-0.05, 0) is 49.2 Å². The van der Waals surface area contributed by atoms with Crippen LogP contribution in [-0.4, -0.2) is 14.3 Å². The highest BCUT2D eigenvalue weighted by atomic mass is 32.2. The van der Waals surface area contributed by atoms with E-state index in [-0.39, 0.29) is 41.4 Å². The van der Waals surface area contributed by atoms with Crippen LogP contribution in [0.25, 0.3) is 0 Å². The maximum Gasteiger partial charge on any atom is 0.416 e. The van der Waals surface area contributed by atoms with Crippen molar-refractivity contribution in [3.05, 3.63) is 53.6 Å². The van der Waals surface area contributed by atoms with Crippen LogP contribution in [0.4, 0.5) is 37.7 Å². The van der Waals surface area contributed by atoms with Crippen LogP contribution in [0, 0.1) is 5.92 Å². The molecule has 0 heterocycles. The van der Waals surface area contributed by atoms with Gasteiger partial charge in [-0.1, -0.05) is 6.07 Å². The summed E-state index contributed by atoms with van der Waals surface area (Å²) in [7, 11) is -4.79. The van der Waals surface area contributed by atoms with E-state index in [0.717, 1.165) is 12.8 Å². The molecule has 3 rings (SSSR count). The maximum absolute atomic E-state index is 13.0. The van der Waals surface area contributed by atoms with E-state index in [9.17, 15) is 39.6 Å². The van der Waals surface area contributed by atoms with Gasteiger partial charge in [0.05, 0.1) is 21.7 Å². The second-order valence-electron chi connectivity index (χ2n) is 6.69. The van der Waals surface area contributed by atoms with Gasteiger partial charge in [0.25, 0.3) is 10.0 Å². The minimum absolute atomic E-state index is 0.121. The van der Waals surface area contributed by atoms with Crippen molar-refractivity contribution in [2.24, 2.45) is 5.92 Å². The van der Waals surface area contributed by atoms with Crippen molar-refractivity contribution in [1.29, 1.82) is 0 Å². The number of hydrogen-bond donors (Lipinski definition) is 2. The Bertz CT molecular complexity index is 1040. The average molecular weight is 452 g/mol. The van der Waals surface area contributed by atoms with Gasteiger partial charge in [0, 0.05) is 11.6 Å². The van der Waals surface area contributed by atoms with E-state index in [1.54, 1.807) is 0 Å². The van der Waals surface area contributed by atoms with Gasteiger partial charge in [-0.25, -0.2) is 8.42 Å². The lowest BCUT2D eigenvalue weighted by atomic mass is 10.1. The molecule has 162 valence electrons. The molecule has 1 aliphatic carbocycles. The summed E-state index contributed by atoms with van der Waals surface area (Å²) in [6.45, 7) is 0. The SMILES string of the molecule is O=C(Nc1cccc(NS(=O)(=O)c2cc(C(F)(F)F)cc(C(F)(F)F)c2)c1)C1CC1. The first kappa shape index (κ1) is 21.9. The number of alkyl halides is 6. The Morgan fingerprint density at radius 2 is 1.40 bits per heavy atom. The molecule has 2 aromatic rings. The van der Waals surface area contributed by atoms with Gasteiger partial charge in [-0.2, -0.15) is 26.3 Å². The summed E-state index contributed by atoms with van der Waals surface area (Å²) in [6.07, 6.45) is -8.90. The van der Waals surface area contributed by atoms with Crippen LogP contribution in [0.15, 0.2) is 47.4 Å². The van der Waals surface area contributed by atoms with Crippen molar-refractivity contribution in [3.8, 4) is 0 Å². The Hall–Kier alpha value is -2.76. The quantitative estimate of drug-likeness (QED) is 0.636.